The van der Waals surface area contributed by atoms with E-state index in [1.807, 2.05) is 4.90 Å². The van der Waals surface area contributed by atoms with Crippen molar-refractivity contribution in [2.75, 3.05) is 25.9 Å². The quantitative estimate of drug-likeness (QED) is 0.916. The van der Waals surface area contributed by atoms with E-state index in [4.69, 9.17) is 10.5 Å². The van der Waals surface area contributed by atoms with E-state index < -0.39 is 0 Å². The number of hydrogen-bond acceptors (Lipinski definition) is 6. The summed E-state index contributed by atoms with van der Waals surface area (Å²) in [6.45, 7) is 2.95. The van der Waals surface area contributed by atoms with Crippen molar-refractivity contribution < 1.29 is 9.53 Å². The van der Waals surface area contributed by atoms with Crippen LogP contribution in [-0.2, 0) is 4.79 Å². The number of thiazole rings is 1. The van der Waals surface area contributed by atoms with Crippen LogP contribution in [0.2, 0.25) is 0 Å². The molecule has 0 spiro atoms. The van der Waals surface area contributed by atoms with Gasteiger partial charge in [0.25, 0.3) is 0 Å². The Morgan fingerprint density at radius 1 is 1.52 bits per heavy atom. The molecule has 2 aromatic heterocycles. The molecule has 0 atom stereocenters. The molecule has 21 heavy (non-hydrogen) atoms. The van der Waals surface area contributed by atoms with Crippen molar-refractivity contribution >= 4 is 38.2 Å². The Kier molecular flexibility index (Phi) is 3.50. The number of rotatable bonds is 2. The minimum atomic E-state index is 0.102. The summed E-state index contributed by atoms with van der Waals surface area (Å²) in [6, 6.07) is 0. The van der Waals surface area contributed by atoms with E-state index in [9.17, 15) is 4.79 Å². The van der Waals surface area contributed by atoms with Crippen molar-refractivity contribution in [3.63, 3.8) is 0 Å². The molecule has 0 fully saturated rings. The molecular weight excluding hydrogens is 288 g/mol. The number of carbonyl (C=O) groups is 1. The molecule has 6 nitrogen and oxygen atoms in total. The van der Waals surface area contributed by atoms with Crippen LogP contribution in [0.5, 0.6) is 5.88 Å². The van der Waals surface area contributed by atoms with E-state index in [2.05, 4.69) is 16.0 Å². The molecule has 0 aromatic carbocycles. The van der Waals surface area contributed by atoms with E-state index in [-0.39, 0.29) is 5.91 Å². The summed E-state index contributed by atoms with van der Waals surface area (Å²) < 4.78 is 6.22. The van der Waals surface area contributed by atoms with Gasteiger partial charge in [0.15, 0.2) is 5.13 Å². The van der Waals surface area contributed by atoms with Gasteiger partial charge in [-0.25, -0.2) is 9.97 Å². The number of carbonyl (C=O) groups excluding carboxylic acids is 1. The van der Waals surface area contributed by atoms with E-state index in [1.165, 1.54) is 16.9 Å². The van der Waals surface area contributed by atoms with Crippen LogP contribution in [0.1, 0.15) is 18.9 Å². The van der Waals surface area contributed by atoms with Gasteiger partial charge in [0, 0.05) is 31.8 Å². The summed E-state index contributed by atoms with van der Waals surface area (Å²) in [5, 5.41) is 0.499. The number of anilines is 1. The van der Waals surface area contributed by atoms with Crippen molar-refractivity contribution in [3.8, 4) is 5.88 Å². The second kappa shape index (κ2) is 5.33. The number of aromatic nitrogens is 2. The number of methoxy groups -OCH3 is 1. The molecule has 0 unspecified atom stereocenters. The number of ether oxygens (including phenoxy) is 1. The van der Waals surface area contributed by atoms with Crippen LogP contribution in [0.15, 0.2) is 12.3 Å². The lowest BCUT2D eigenvalue weighted by Gasteiger charge is -2.25. The molecular formula is C14H16N4O2S. The van der Waals surface area contributed by atoms with Crippen molar-refractivity contribution in [1.29, 1.82) is 0 Å². The summed E-state index contributed by atoms with van der Waals surface area (Å²) >= 11 is 1.43. The second-order valence-electron chi connectivity index (χ2n) is 4.86. The maximum absolute atomic E-state index is 11.4. The van der Waals surface area contributed by atoms with E-state index >= 15 is 0 Å². The van der Waals surface area contributed by atoms with Gasteiger partial charge in [0.05, 0.1) is 11.8 Å². The van der Waals surface area contributed by atoms with Crippen molar-refractivity contribution in [2.24, 2.45) is 0 Å². The zero-order valence-corrected chi connectivity index (χ0v) is 12.7. The lowest BCUT2D eigenvalue weighted by atomic mass is 10.0. The van der Waals surface area contributed by atoms with Crippen LogP contribution in [0.3, 0.4) is 0 Å². The maximum Gasteiger partial charge on any atom is 0.241 e. The first kappa shape index (κ1) is 13.8. The van der Waals surface area contributed by atoms with Gasteiger partial charge in [-0.2, -0.15) is 0 Å². The summed E-state index contributed by atoms with van der Waals surface area (Å²) in [5.74, 6) is 0.591. The minimum absolute atomic E-state index is 0.102. The molecule has 3 rings (SSSR count). The fourth-order valence-electron chi connectivity index (χ4n) is 2.49. The molecule has 0 bridgehead atoms. The SMILES string of the molecule is COc1ncc(C2=CCN(C(C)=O)CC2)c2sc(N)nc12. The largest absolute Gasteiger partial charge is 0.479 e. The molecule has 1 aliphatic rings. The number of fused-ring (bicyclic) bond motifs is 1. The third-order valence-electron chi connectivity index (χ3n) is 3.60. The average Bonchev–Trinajstić information content (AvgIpc) is 2.87. The first-order chi connectivity index (χ1) is 10.1. The van der Waals surface area contributed by atoms with Crippen LogP contribution in [0.4, 0.5) is 5.13 Å². The van der Waals surface area contributed by atoms with Crippen LogP contribution in [-0.4, -0.2) is 41.0 Å². The number of nitrogen functional groups attached to an aromatic ring is 1. The predicted octanol–water partition coefficient (Wildman–Crippen LogP) is 1.92. The highest BCUT2D eigenvalue weighted by atomic mass is 32.1. The van der Waals surface area contributed by atoms with Gasteiger partial charge in [-0.3, -0.25) is 4.79 Å². The van der Waals surface area contributed by atoms with Gasteiger partial charge < -0.3 is 15.4 Å². The smallest absolute Gasteiger partial charge is 0.241 e. The van der Waals surface area contributed by atoms with Gasteiger partial charge in [-0.15, -0.1) is 0 Å². The third kappa shape index (κ3) is 2.44. The van der Waals surface area contributed by atoms with Crippen molar-refractivity contribution in [1.82, 2.24) is 14.9 Å². The lowest BCUT2D eigenvalue weighted by molar-refractivity contribution is -0.128. The zero-order valence-electron chi connectivity index (χ0n) is 11.9. The number of pyridine rings is 1. The first-order valence-electron chi connectivity index (χ1n) is 6.64. The molecule has 2 aromatic rings. The average molecular weight is 304 g/mol. The fraction of sp³-hybridized carbons (Fsp3) is 0.357. The van der Waals surface area contributed by atoms with Gasteiger partial charge in [0.1, 0.15) is 5.52 Å². The van der Waals surface area contributed by atoms with Crippen LogP contribution < -0.4 is 10.5 Å². The highest BCUT2D eigenvalue weighted by molar-refractivity contribution is 7.22. The fourth-order valence-corrected chi connectivity index (χ4v) is 3.35. The van der Waals surface area contributed by atoms with Crippen molar-refractivity contribution in [2.45, 2.75) is 13.3 Å². The number of nitrogens with zero attached hydrogens (tertiary/aromatic N) is 3. The Hall–Kier alpha value is -2.15. The number of nitrogens with two attached hydrogens (primary N) is 1. The van der Waals surface area contributed by atoms with Gasteiger partial charge in [-0.05, 0) is 12.0 Å². The normalized spacial score (nSPS) is 15.1. The Morgan fingerprint density at radius 3 is 2.95 bits per heavy atom. The molecule has 3 heterocycles. The molecule has 7 heteroatoms. The molecule has 0 aliphatic carbocycles. The minimum Gasteiger partial charge on any atom is -0.479 e. The molecule has 2 N–H and O–H groups in total. The molecule has 0 saturated carbocycles. The number of amides is 1. The molecule has 1 aliphatic heterocycles. The van der Waals surface area contributed by atoms with E-state index in [0.29, 0.717) is 23.1 Å². The Bertz CT molecular complexity index is 738. The number of hydrogen-bond donors (Lipinski definition) is 1. The third-order valence-corrected chi connectivity index (χ3v) is 4.51. The molecule has 110 valence electrons. The standard InChI is InChI=1S/C14H16N4O2S/c1-8(19)18-5-3-9(4-6-18)10-7-16-13(20-2)11-12(10)21-14(15)17-11/h3,7H,4-6H2,1-2H3,(H2,15,17). The Labute approximate surface area is 126 Å². The molecule has 1 amide bonds. The van der Waals surface area contributed by atoms with Gasteiger partial charge >= 0.3 is 0 Å². The van der Waals surface area contributed by atoms with Crippen LogP contribution >= 0.6 is 11.3 Å². The summed E-state index contributed by atoms with van der Waals surface area (Å²) in [5.41, 5.74) is 8.74. The monoisotopic (exact) mass is 304 g/mol. The predicted molar refractivity (Wildman–Crippen MR) is 83.2 cm³/mol. The summed E-state index contributed by atoms with van der Waals surface area (Å²) in [4.78, 5) is 21.8. The Morgan fingerprint density at radius 2 is 2.33 bits per heavy atom. The van der Waals surface area contributed by atoms with Crippen molar-refractivity contribution in [3.05, 3.63) is 17.8 Å². The van der Waals surface area contributed by atoms with E-state index in [0.717, 1.165) is 23.2 Å². The second-order valence-corrected chi connectivity index (χ2v) is 5.89. The molecule has 0 saturated heterocycles. The van der Waals surface area contributed by atoms with Crippen LogP contribution in [0.25, 0.3) is 15.8 Å². The lowest BCUT2D eigenvalue weighted by Crippen LogP contribution is -2.32. The highest BCUT2D eigenvalue weighted by Crippen LogP contribution is 2.36. The summed E-state index contributed by atoms with van der Waals surface area (Å²) in [6.07, 6.45) is 4.68. The van der Waals surface area contributed by atoms with Gasteiger partial charge in [0.2, 0.25) is 11.8 Å². The maximum atomic E-state index is 11.4. The van der Waals surface area contributed by atoms with E-state index in [1.54, 1.807) is 20.2 Å². The topological polar surface area (TPSA) is 81.3 Å². The first-order valence-corrected chi connectivity index (χ1v) is 7.45. The molecule has 0 radical (unpaired) electrons. The summed E-state index contributed by atoms with van der Waals surface area (Å²) in [7, 11) is 1.57. The van der Waals surface area contributed by atoms with Gasteiger partial charge in [-0.1, -0.05) is 17.4 Å². The Balaban J connectivity index is 2.04. The highest BCUT2D eigenvalue weighted by Gasteiger charge is 2.19. The van der Waals surface area contributed by atoms with Crippen LogP contribution in [0, 0.1) is 0 Å². The zero-order chi connectivity index (χ0) is 15.0.